The summed E-state index contributed by atoms with van der Waals surface area (Å²) in [5.41, 5.74) is 8.46. The SMILES string of the molecule is CCCc1c(C)c(-c2ccc(C(C)C)cc2)cc(CC)c1C#N. The van der Waals surface area contributed by atoms with Crippen molar-refractivity contribution in [2.45, 2.75) is 59.8 Å². The van der Waals surface area contributed by atoms with Crippen LogP contribution >= 0.6 is 0 Å². The van der Waals surface area contributed by atoms with Gasteiger partial charge in [-0.25, -0.2) is 0 Å². The number of hydrogen-bond acceptors (Lipinski definition) is 1. The fourth-order valence-electron chi connectivity index (χ4n) is 3.23. The van der Waals surface area contributed by atoms with Crippen LogP contribution in [0.25, 0.3) is 11.1 Å². The molecule has 23 heavy (non-hydrogen) atoms. The quantitative estimate of drug-likeness (QED) is 0.647. The third-order valence-corrected chi connectivity index (χ3v) is 4.68. The van der Waals surface area contributed by atoms with E-state index in [9.17, 15) is 5.26 Å². The molecule has 1 heteroatoms. The Bertz CT molecular complexity index is 715. The lowest BCUT2D eigenvalue weighted by Gasteiger charge is -2.17. The minimum atomic E-state index is 0.549. The zero-order chi connectivity index (χ0) is 17.0. The van der Waals surface area contributed by atoms with Crippen molar-refractivity contribution in [1.82, 2.24) is 0 Å². The van der Waals surface area contributed by atoms with E-state index in [0.717, 1.165) is 24.8 Å². The molecule has 0 aliphatic heterocycles. The first-order valence-corrected chi connectivity index (χ1v) is 8.69. The summed E-state index contributed by atoms with van der Waals surface area (Å²) in [7, 11) is 0. The Morgan fingerprint density at radius 2 is 1.74 bits per heavy atom. The highest BCUT2D eigenvalue weighted by Crippen LogP contribution is 2.32. The summed E-state index contributed by atoms with van der Waals surface area (Å²) in [5, 5.41) is 9.59. The van der Waals surface area contributed by atoms with Crippen molar-refractivity contribution >= 4 is 0 Å². The molecule has 0 spiro atoms. The number of rotatable bonds is 5. The van der Waals surface area contributed by atoms with Crippen molar-refractivity contribution in [1.29, 1.82) is 5.26 Å². The maximum absolute atomic E-state index is 9.59. The Hall–Kier alpha value is -2.07. The third-order valence-electron chi connectivity index (χ3n) is 4.68. The van der Waals surface area contributed by atoms with Crippen LogP contribution < -0.4 is 0 Å². The van der Waals surface area contributed by atoms with Crippen LogP contribution in [0.5, 0.6) is 0 Å². The lowest BCUT2D eigenvalue weighted by molar-refractivity contribution is 0.867. The van der Waals surface area contributed by atoms with E-state index >= 15 is 0 Å². The molecule has 0 radical (unpaired) electrons. The first-order chi connectivity index (χ1) is 11.0. The van der Waals surface area contributed by atoms with Crippen molar-refractivity contribution in [2.75, 3.05) is 0 Å². The van der Waals surface area contributed by atoms with E-state index in [1.165, 1.54) is 33.4 Å². The largest absolute Gasteiger partial charge is 0.192 e. The molecule has 2 aromatic rings. The molecule has 0 unspecified atom stereocenters. The molecular formula is C22H27N. The fourth-order valence-corrected chi connectivity index (χ4v) is 3.23. The highest BCUT2D eigenvalue weighted by Gasteiger charge is 2.15. The number of aryl methyl sites for hydroxylation is 1. The fraction of sp³-hybridized carbons (Fsp3) is 0.409. The Labute approximate surface area is 141 Å². The summed E-state index contributed by atoms with van der Waals surface area (Å²) in [5.74, 6) is 0.549. The van der Waals surface area contributed by atoms with Crippen LogP contribution in [-0.4, -0.2) is 0 Å². The van der Waals surface area contributed by atoms with Crippen LogP contribution in [0, 0.1) is 18.3 Å². The van der Waals surface area contributed by atoms with Crippen molar-refractivity contribution in [2.24, 2.45) is 0 Å². The molecule has 0 amide bonds. The van der Waals surface area contributed by atoms with Gasteiger partial charge in [-0.05, 0) is 65.1 Å². The number of nitriles is 1. The van der Waals surface area contributed by atoms with Gasteiger partial charge in [0.25, 0.3) is 0 Å². The third kappa shape index (κ3) is 3.48. The van der Waals surface area contributed by atoms with Gasteiger partial charge in [-0.2, -0.15) is 5.26 Å². The Balaban J connectivity index is 2.62. The molecule has 0 aliphatic carbocycles. The lowest BCUT2D eigenvalue weighted by Crippen LogP contribution is -2.02. The zero-order valence-electron chi connectivity index (χ0n) is 15.0. The summed E-state index contributed by atoms with van der Waals surface area (Å²) >= 11 is 0. The molecule has 2 aromatic carbocycles. The van der Waals surface area contributed by atoms with Gasteiger partial charge in [0.05, 0.1) is 11.6 Å². The topological polar surface area (TPSA) is 23.8 Å². The van der Waals surface area contributed by atoms with Gasteiger partial charge >= 0.3 is 0 Å². The van der Waals surface area contributed by atoms with Gasteiger partial charge in [0.2, 0.25) is 0 Å². The van der Waals surface area contributed by atoms with Crippen LogP contribution in [-0.2, 0) is 12.8 Å². The number of hydrogen-bond donors (Lipinski definition) is 0. The Morgan fingerprint density at radius 3 is 2.22 bits per heavy atom. The van der Waals surface area contributed by atoms with Gasteiger partial charge in [0.15, 0.2) is 0 Å². The first-order valence-electron chi connectivity index (χ1n) is 8.69. The standard InChI is InChI=1S/C22H27N/c1-6-8-20-16(5)21(13-17(7-2)22(20)14-23)19-11-9-18(10-12-19)15(3)4/h9-13,15H,6-8H2,1-5H3. The molecule has 0 N–H and O–H groups in total. The maximum atomic E-state index is 9.59. The number of nitrogens with zero attached hydrogens (tertiary/aromatic N) is 1. The zero-order valence-corrected chi connectivity index (χ0v) is 15.0. The second-order valence-corrected chi connectivity index (χ2v) is 6.55. The Morgan fingerprint density at radius 1 is 1.09 bits per heavy atom. The molecule has 0 bridgehead atoms. The number of benzene rings is 2. The Kier molecular flexibility index (Phi) is 5.61. The van der Waals surface area contributed by atoms with Gasteiger partial charge in [0, 0.05) is 0 Å². The first kappa shape index (κ1) is 17.3. The average molecular weight is 305 g/mol. The second-order valence-electron chi connectivity index (χ2n) is 6.55. The molecule has 120 valence electrons. The van der Waals surface area contributed by atoms with Gasteiger partial charge in [-0.15, -0.1) is 0 Å². The van der Waals surface area contributed by atoms with Crippen LogP contribution in [0.1, 0.15) is 67.9 Å². The second kappa shape index (κ2) is 7.47. The highest BCUT2D eigenvalue weighted by molar-refractivity contribution is 5.72. The van der Waals surface area contributed by atoms with Gasteiger partial charge in [0.1, 0.15) is 0 Å². The van der Waals surface area contributed by atoms with E-state index in [-0.39, 0.29) is 0 Å². The molecule has 0 aliphatic rings. The van der Waals surface area contributed by atoms with E-state index in [1.807, 2.05) is 0 Å². The van der Waals surface area contributed by atoms with E-state index in [2.05, 4.69) is 71.0 Å². The highest BCUT2D eigenvalue weighted by atomic mass is 14.3. The van der Waals surface area contributed by atoms with Crippen molar-refractivity contribution in [3.63, 3.8) is 0 Å². The molecule has 0 saturated heterocycles. The van der Waals surface area contributed by atoms with E-state index < -0.39 is 0 Å². The van der Waals surface area contributed by atoms with Crippen molar-refractivity contribution in [3.05, 3.63) is 58.1 Å². The summed E-state index contributed by atoms with van der Waals surface area (Å²) in [6.07, 6.45) is 2.94. The molecule has 0 heterocycles. The molecule has 0 fully saturated rings. The normalized spacial score (nSPS) is 10.8. The molecule has 0 atom stereocenters. The van der Waals surface area contributed by atoms with E-state index in [1.54, 1.807) is 0 Å². The van der Waals surface area contributed by atoms with Crippen LogP contribution in [0.4, 0.5) is 0 Å². The van der Waals surface area contributed by atoms with E-state index in [4.69, 9.17) is 0 Å². The predicted octanol–water partition coefficient (Wildman–Crippen LogP) is 6.17. The summed E-state index contributed by atoms with van der Waals surface area (Å²) < 4.78 is 0. The summed E-state index contributed by atoms with van der Waals surface area (Å²) in [4.78, 5) is 0. The summed E-state index contributed by atoms with van der Waals surface area (Å²) in [6, 6.07) is 13.6. The van der Waals surface area contributed by atoms with Gasteiger partial charge < -0.3 is 0 Å². The van der Waals surface area contributed by atoms with Crippen molar-refractivity contribution in [3.8, 4) is 17.2 Å². The van der Waals surface area contributed by atoms with E-state index in [0.29, 0.717) is 5.92 Å². The molecule has 0 saturated carbocycles. The van der Waals surface area contributed by atoms with Crippen molar-refractivity contribution < 1.29 is 0 Å². The minimum absolute atomic E-state index is 0.549. The van der Waals surface area contributed by atoms with Crippen LogP contribution in [0.3, 0.4) is 0 Å². The monoisotopic (exact) mass is 305 g/mol. The van der Waals surface area contributed by atoms with Gasteiger partial charge in [-0.1, -0.05) is 58.4 Å². The van der Waals surface area contributed by atoms with Gasteiger partial charge in [-0.3, -0.25) is 0 Å². The average Bonchev–Trinajstić information content (AvgIpc) is 2.56. The molecule has 0 aromatic heterocycles. The smallest absolute Gasteiger partial charge is 0.0997 e. The predicted molar refractivity (Wildman–Crippen MR) is 98.8 cm³/mol. The lowest BCUT2D eigenvalue weighted by atomic mass is 9.86. The molecular weight excluding hydrogens is 278 g/mol. The summed E-state index contributed by atoms with van der Waals surface area (Å²) in [6.45, 7) is 10.9. The molecule has 1 nitrogen and oxygen atoms in total. The molecule has 2 rings (SSSR count). The van der Waals surface area contributed by atoms with Crippen LogP contribution in [0.15, 0.2) is 30.3 Å². The minimum Gasteiger partial charge on any atom is -0.192 e. The maximum Gasteiger partial charge on any atom is 0.0997 e. The van der Waals surface area contributed by atoms with Crippen LogP contribution in [0.2, 0.25) is 0 Å².